The normalized spacial score (nSPS) is 14.9. The van der Waals surface area contributed by atoms with Crippen molar-refractivity contribution in [1.29, 1.82) is 0 Å². The summed E-state index contributed by atoms with van der Waals surface area (Å²) >= 11 is 0. The average Bonchev–Trinajstić information content (AvgIpc) is 1.88. The van der Waals surface area contributed by atoms with Crippen molar-refractivity contribution in [2.75, 3.05) is 0 Å². The molecule has 0 radical (unpaired) electrons. The maximum Gasteiger partial charge on any atom is -0.0225 e. The van der Waals surface area contributed by atoms with Gasteiger partial charge in [0, 0.05) is 0 Å². The predicted molar refractivity (Wildman–Crippen MR) is 48.0 cm³/mol. The zero-order valence-electron chi connectivity index (χ0n) is 7.35. The highest BCUT2D eigenvalue weighted by molar-refractivity contribution is 5.00. The zero-order chi connectivity index (χ0) is 7.98. The van der Waals surface area contributed by atoms with Crippen molar-refractivity contribution in [3.63, 3.8) is 0 Å². The molecule has 0 heterocycles. The van der Waals surface area contributed by atoms with Gasteiger partial charge in [-0.15, -0.1) is 6.58 Å². The first kappa shape index (κ1) is 9.48. The van der Waals surface area contributed by atoms with Gasteiger partial charge >= 0.3 is 0 Å². The second-order valence-electron chi connectivity index (χ2n) is 2.87. The highest BCUT2D eigenvalue weighted by Gasteiger charge is 1.93. The van der Waals surface area contributed by atoms with E-state index < -0.39 is 0 Å². The van der Waals surface area contributed by atoms with Crippen LogP contribution in [-0.2, 0) is 0 Å². The SMILES string of the molecule is C=CCC(C)/C=C(\C)CC. The molecule has 0 spiro atoms. The molecule has 0 aliphatic rings. The molecule has 0 saturated carbocycles. The Morgan fingerprint density at radius 3 is 2.60 bits per heavy atom. The van der Waals surface area contributed by atoms with E-state index in [1.807, 2.05) is 6.08 Å². The van der Waals surface area contributed by atoms with Gasteiger partial charge in [-0.25, -0.2) is 0 Å². The third-order valence-electron chi connectivity index (χ3n) is 1.67. The van der Waals surface area contributed by atoms with Gasteiger partial charge < -0.3 is 0 Å². The van der Waals surface area contributed by atoms with E-state index in [0.717, 1.165) is 6.42 Å². The molecule has 0 saturated heterocycles. The molecule has 0 aromatic carbocycles. The van der Waals surface area contributed by atoms with Crippen molar-refractivity contribution in [2.24, 2.45) is 5.92 Å². The topological polar surface area (TPSA) is 0 Å². The molecule has 0 heteroatoms. The van der Waals surface area contributed by atoms with Crippen LogP contribution in [0.4, 0.5) is 0 Å². The summed E-state index contributed by atoms with van der Waals surface area (Å²) in [6, 6.07) is 0. The van der Waals surface area contributed by atoms with Crippen molar-refractivity contribution in [3.8, 4) is 0 Å². The second-order valence-corrected chi connectivity index (χ2v) is 2.87. The van der Waals surface area contributed by atoms with Gasteiger partial charge in [-0.05, 0) is 25.7 Å². The van der Waals surface area contributed by atoms with Crippen molar-refractivity contribution >= 4 is 0 Å². The molecule has 0 nitrogen and oxygen atoms in total. The first-order valence-electron chi connectivity index (χ1n) is 3.98. The van der Waals surface area contributed by atoms with E-state index in [1.54, 1.807) is 0 Å². The fraction of sp³-hybridized carbons (Fsp3) is 0.600. The monoisotopic (exact) mass is 138 g/mol. The standard InChI is InChI=1S/C10H18/c1-5-7-10(4)8-9(3)6-2/h5,8,10H,1,6-7H2,2-4H3/b9-8+. The Labute approximate surface area is 64.6 Å². The van der Waals surface area contributed by atoms with E-state index in [4.69, 9.17) is 0 Å². The Balaban J connectivity index is 3.73. The lowest BCUT2D eigenvalue weighted by molar-refractivity contribution is 0.734. The molecule has 0 N–H and O–H groups in total. The molecular weight excluding hydrogens is 120 g/mol. The summed E-state index contributed by atoms with van der Waals surface area (Å²) in [5.74, 6) is 0.664. The van der Waals surface area contributed by atoms with Crippen LogP contribution in [-0.4, -0.2) is 0 Å². The maximum absolute atomic E-state index is 3.70. The molecule has 0 aromatic rings. The number of allylic oxidation sites excluding steroid dienone is 3. The molecule has 0 fully saturated rings. The van der Waals surface area contributed by atoms with Gasteiger partial charge in [0.25, 0.3) is 0 Å². The summed E-state index contributed by atoms with van der Waals surface area (Å²) in [5, 5.41) is 0. The third-order valence-corrected chi connectivity index (χ3v) is 1.67. The van der Waals surface area contributed by atoms with Crippen LogP contribution in [0.15, 0.2) is 24.3 Å². The first-order valence-corrected chi connectivity index (χ1v) is 3.98. The zero-order valence-corrected chi connectivity index (χ0v) is 7.35. The molecule has 10 heavy (non-hydrogen) atoms. The summed E-state index contributed by atoms with van der Waals surface area (Å²) < 4.78 is 0. The highest BCUT2D eigenvalue weighted by Crippen LogP contribution is 2.09. The van der Waals surface area contributed by atoms with Gasteiger partial charge in [0.05, 0.1) is 0 Å². The van der Waals surface area contributed by atoms with Crippen molar-refractivity contribution in [2.45, 2.75) is 33.6 Å². The van der Waals surface area contributed by atoms with E-state index >= 15 is 0 Å². The van der Waals surface area contributed by atoms with Crippen molar-refractivity contribution in [3.05, 3.63) is 24.3 Å². The Bertz CT molecular complexity index is 120. The quantitative estimate of drug-likeness (QED) is 0.521. The molecule has 1 atom stereocenters. The minimum atomic E-state index is 0.664. The van der Waals surface area contributed by atoms with Crippen LogP contribution in [0.5, 0.6) is 0 Å². The Morgan fingerprint density at radius 2 is 2.20 bits per heavy atom. The number of hydrogen-bond donors (Lipinski definition) is 0. The van der Waals surface area contributed by atoms with Crippen LogP contribution in [0.1, 0.15) is 33.6 Å². The van der Waals surface area contributed by atoms with Gasteiger partial charge in [0.2, 0.25) is 0 Å². The van der Waals surface area contributed by atoms with E-state index in [0.29, 0.717) is 5.92 Å². The molecule has 0 aliphatic heterocycles. The van der Waals surface area contributed by atoms with Crippen LogP contribution in [0.25, 0.3) is 0 Å². The molecule has 0 aliphatic carbocycles. The summed E-state index contributed by atoms with van der Waals surface area (Å²) in [4.78, 5) is 0. The lowest BCUT2D eigenvalue weighted by Crippen LogP contribution is -1.87. The van der Waals surface area contributed by atoms with E-state index in [9.17, 15) is 0 Å². The van der Waals surface area contributed by atoms with E-state index in [2.05, 4.69) is 33.4 Å². The molecule has 1 unspecified atom stereocenters. The summed E-state index contributed by atoms with van der Waals surface area (Å²) in [6.07, 6.45) is 6.56. The Morgan fingerprint density at radius 1 is 1.60 bits per heavy atom. The smallest absolute Gasteiger partial charge is 0.0225 e. The lowest BCUT2D eigenvalue weighted by atomic mass is 10.0. The molecule has 0 amide bonds. The highest BCUT2D eigenvalue weighted by atomic mass is 14.0. The minimum absolute atomic E-state index is 0.664. The average molecular weight is 138 g/mol. The van der Waals surface area contributed by atoms with Gasteiger partial charge in [-0.3, -0.25) is 0 Å². The maximum atomic E-state index is 3.70. The molecule has 0 rings (SSSR count). The van der Waals surface area contributed by atoms with Crippen LogP contribution < -0.4 is 0 Å². The fourth-order valence-corrected chi connectivity index (χ4v) is 0.934. The molecular formula is C10H18. The van der Waals surface area contributed by atoms with Gasteiger partial charge in [0.1, 0.15) is 0 Å². The second kappa shape index (κ2) is 5.28. The molecule has 0 aromatic heterocycles. The Hall–Kier alpha value is -0.520. The fourth-order valence-electron chi connectivity index (χ4n) is 0.934. The number of hydrogen-bond acceptors (Lipinski definition) is 0. The van der Waals surface area contributed by atoms with Gasteiger partial charge in [-0.1, -0.05) is 31.6 Å². The summed E-state index contributed by atoms with van der Waals surface area (Å²) in [6.45, 7) is 10.3. The van der Waals surface area contributed by atoms with Crippen molar-refractivity contribution < 1.29 is 0 Å². The van der Waals surface area contributed by atoms with Crippen molar-refractivity contribution in [1.82, 2.24) is 0 Å². The van der Waals surface area contributed by atoms with Gasteiger partial charge in [0.15, 0.2) is 0 Å². The van der Waals surface area contributed by atoms with Crippen LogP contribution >= 0.6 is 0 Å². The van der Waals surface area contributed by atoms with Crippen LogP contribution in [0.3, 0.4) is 0 Å². The third kappa shape index (κ3) is 4.37. The minimum Gasteiger partial charge on any atom is -0.103 e. The van der Waals surface area contributed by atoms with Crippen LogP contribution in [0.2, 0.25) is 0 Å². The predicted octanol–water partition coefficient (Wildman–Crippen LogP) is 3.55. The summed E-state index contributed by atoms with van der Waals surface area (Å²) in [7, 11) is 0. The molecule has 58 valence electrons. The van der Waals surface area contributed by atoms with Gasteiger partial charge in [-0.2, -0.15) is 0 Å². The Kier molecular flexibility index (Phi) is 5.00. The summed E-state index contributed by atoms with van der Waals surface area (Å²) in [5.41, 5.74) is 1.48. The van der Waals surface area contributed by atoms with Crippen LogP contribution in [0, 0.1) is 5.92 Å². The number of rotatable bonds is 4. The lowest BCUT2D eigenvalue weighted by Gasteiger charge is -2.02. The largest absolute Gasteiger partial charge is 0.103 e. The van der Waals surface area contributed by atoms with E-state index in [1.165, 1.54) is 12.0 Å². The van der Waals surface area contributed by atoms with E-state index in [-0.39, 0.29) is 0 Å². The first-order chi connectivity index (χ1) is 4.70. The molecule has 0 bridgehead atoms.